The first-order valence-electron chi connectivity index (χ1n) is 6.26. The van der Waals surface area contributed by atoms with Gasteiger partial charge < -0.3 is 14.8 Å². The lowest BCUT2D eigenvalue weighted by Crippen LogP contribution is -2.35. The molecule has 0 radical (unpaired) electrons. The summed E-state index contributed by atoms with van der Waals surface area (Å²) in [6, 6.07) is 6.41. The monoisotopic (exact) mass is 315 g/mol. The van der Waals surface area contributed by atoms with Gasteiger partial charge in [-0.3, -0.25) is 0 Å². The smallest absolute Gasteiger partial charge is 0.122 e. The Kier molecular flexibility index (Phi) is 7.32. The molecular weight excluding hydrogens is 294 g/mol. The van der Waals surface area contributed by atoms with E-state index >= 15 is 0 Å². The van der Waals surface area contributed by atoms with E-state index in [1.807, 2.05) is 12.1 Å². The third-order valence-corrected chi connectivity index (χ3v) is 3.25. The van der Waals surface area contributed by atoms with Crippen LogP contribution in [0.4, 0.5) is 0 Å². The van der Waals surface area contributed by atoms with Crippen molar-refractivity contribution in [3.8, 4) is 5.75 Å². The molecule has 1 aromatic rings. The van der Waals surface area contributed by atoms with E-state index in [0.29, 0.717) is 12.6 Å². The zero-order chi connectivity index (χ0) is 13.4. The van der Waals surface area contributed by atoms with Crippen LogP contribution in [0.25, 0.3) is 0 Å². The number of hydrogen-bond donors (Lipinski definition) is 1. The normalized spacial score (nSPS) is 12.4. The Morgan fingerprint density at radius 3 is 2.72 bits per heavy atom. The average Bonchev–Trinajstić information content (AvgIpc) is 2.36. The van der Waals surface area contributed by atoms with Gasteiger partial charge in [0.05, 0.1) is 13.7 Å². The molecule has 0 aliphatic heterocycles. The van der Waals surface area contributed by atoms with Gasteiger partial charge in [0.25, 0.3) is 0 Å². The predicted molar refractivity (Wildman–Crippen MR) is 78.4 cm³/mol. The topological polar surface area (TPSA) is 30.5 Å². The fraction of sp³-hybridized carbons (Fsp3) is 0.571. The molecule has 0 aromatic heterocycles. The summed E-state index contributed by atoms with van der Waals surface area (Å²) in [5.41, 5.74) is 1.19. The van der Waals surface area contributed by atoms with Crippen LogP contribution < -0.4 is 10.1 Å². The fourth-order valence-electron chi connectivity index (χ4n) is 1.91. The van der Waals surface area contributed by atoms with Gasteiger partial charge in [0.1, 0.15) is 5.75 Å². The van der Waals surface area contributed by atoms with Crippen molar-refractivity contribution in [1.29, 1.82) is 0 Å². The van der Waals surface area contributed by atoms with Crippen LogP contribution >= 0.6 is 15.9 Å². The minimum absolute atomic E-state index is 0.318. The van der Waals surface area contributed by atoms with Crippen LogP contribution in [0.3, 0.4) is 0 Å². The van der Waals surface area contributed by atoms with E-state index < -0.39 is 0 Å². The van der Waals surface area contributed by atoms with Crippen molar-refractivity contribution in [3.05, 3.63) is 28.2 Å². The predicted octanol–water partition coefficient (Wildman–Crippen LogP) is 3.01. The summed E-state index contributed by atoms with van der Waals surface area (Å²) in [5.74, 6) is 0.928. The fourth-order valence-corrected chi connectivity index (χ4v) is 2.32. The Bertz CT molecular complexity index is 358. The lowest BCUT2D eigenvalue weighted by molar-refractivity contribution is 0.166. The first-order valence-corrected chi connectivity index (χ1v) is 7.05. The van der Waals surface area contributed by atoms with E-state index in [9.17, 15) is 0 Å². The third kappa shape index (κ3) is 4.96. The van der Waals surface area contributed by atoms with Gasteiger partial charge in [-0.05, 0) is 43.1 Å². The van der Waals surface area contributed by atoms with Crippen LogP contribution in [-0.2, 0) is 11.2 Å². The Balaban J connectivity index is 2.74. The maximum Gasteiger partial charge on any atom is 0.122 e. The summed E-state index contributed by atoms with van der Waals surface area (Å²) in [7, 11) is 3.44. The van der Waals surface area contributed by atoms with Crippen LogP contribution in [0, 0.1) is 0 Å². The molecule has 0 aliphatic rings. The molecule has 18 heavy (non-hydrogen) atoms. The molecule has 1 N–H and O–H groups in total. The van der Waals surface area contributed by atoms with Crippen LogP contribution in [0.15, 0.2) is 22.7 Å². The van der Waals surface area contributed by atoms with Crippen LogP contribution in [-0.4, -0.2) is 33.4 Å². The van der Waals surface area contributed by atoms with Gasteiger partial charge in [0.15, 0.2) is 0 Å². The highest BCUT2D eigenvalue weighted by molar-refractivity contribution is 9.10. The number of ether oxygens (including phenoxy) is 2. The Morgan fingerprint density at radius 1 is 1.33 bits per heavy atom. The summed E-state index contributed by atoms with van der Waals surface area (Å²) < 4.78 is 11.7. The largest absolute Gasteiger partial charge is 0.496 e. The molecular formula is C14H22BrNO2. The second-order valence-electron chi connectivity index (χ2n) is 4.27. The molecule has 1 atom stereocenters. The Labute approximate surface area is 118 Å². The van der Waals surface area contributed by atoms with Gasteiger partial charge >= 0.3 is 0 Å². The zero-order valence-corrected chi connectivity index (χ0v) is 12.9. The van der Waals surface area contributed by atoms with Gasteiger partial charge in [0.2, 0.25) is 0 Å². The van der Waals surface area contributed by atoms with Crippen molar-refractivity contribution in [2.24, 2.45) is 0 Å². The summed E-state index contributed by atoms with van der Waals surface area (Å²) in [6.45, 7) is 3.87. The molecule has 0 fully saturated rings. The molecule has 1 unspecified atom stereocenters. The molecule has 102 valence electrons. The van der Waals surface area contributed by atoms with E-state index in [1.54, 1.807) is 14.2 Å². The van der Waals surface area contributed by atoms with Gasteiger partial charge in [-0.15, -0.1) is 0 Å². The molecule has 0 amide bonds. The highest BCUT2D eigenvalue weighted by atomic mass is 79.9. The van der Waals surface area contributed by atoms with Crippen molar-refractivity contribution in [2.45, 2.75) is 25.8 Å². The molecule has 0 spiro atoms. The summed E-state index contributed by atoms with van der Waals surface area (Å²) in [5, 5.41) is 3.49. The van der Waals surface area contributed by atoms with E-state index in [0.717, 1.165) is 29.6 Å². The average molecular weight is 316 g/mol. The van der Waals surface area contributed by atoms with Crippen LogP contribution in [0.1, 0.15) is 18.9 Å². The molecule has 0 bridgehead atoms. The van der Waals surface area contributed by atoms with E-state index in [1.165, 1.54) is 5.56 Å². The van der Waals surface area contributed by atoms with E-state index in [-0.39, 0.29) is 0 Å². The van der Waals surface area contributed by atoms with Crippen molar-refractivity contribution < 1.29 is 9.47 Å². The quantitative estimate of drug-likeness (QED) is 0.800. The van der Waals surface area contributed by atoms with Crippen LogP contribution in [0.2, 0.25) is 0 Å². The molecule has 0 saturated carbocycles. The third-order valence-electron chi connectivity index (χ3n) is 2.76. The summed E-state index contributed by atoms with van der Waals surface area (Å²) in [4.78, 5) is 0. The standard InChI is InChI=1S/C14H22BrNO2/c1-4-7-16-13(10-17-2)9-11-8-12(15)5-6-14(11)18-3/h5-6,8,13,16H,4,7,9-10H2,1-3H3. The molecule has 1 rings (SSSR count). The van der Waals surface area contributed by atoms with Gasteiger partial charge in [0, 0.05) is 17.6 Å². The second-order valence-corrected chi connectivity index (χ2v) is 5.18. The number of hydrogen-bond acceptors (Lipinski definition) is 3. The van der Waals surface area contributed by atoms with Gasteiger partial charge in [-0.2, -0.15) is 0 Å². The Morgan fingerprint density at radius 2 is 2.11 bits per heavy atom. The first-order chi connectivity index (χ1) is 8.71. The van der Waals surface area contributed by atoms with Crippen molar-refractivity contribution in [1.82, 2.24) is 5.32 Å². The lowest BCUT2D eigenvalue weighted by atomic mass is 10.1. The highest BCUT2D eigenvalue weighted by Gasteiger charge is 2.12. The SMILES string of the molecule is CCCNC(COC)Cc1cc(Br)ccc1OC. The molecule has 1 aromatic carbocycles. The highest BCUT2D eigenvalue weighted by Crippen LogP contribution is 2.24. The maximum absolute atomic E-state index is 5.39. The zero-order valence-electron chi connectivity index (χ0n) is 11.3. The summed E-state index contributed by atoms with van der Waals surface area (Å²) >= 11 is 3.50. The number of rotatable bonds is 8. The molecule has 4 heteroatoms. The number of halogens is 1. The van der Waals surface area contributed by atoms with Crippen molar-refractivity contribution in [3.63, 3.8) is 0 Å². The number of benzene rings is 1. The number of nitrogens with one attached hydrogen (secondary N) is 1. The van der Waals surface area contributed by atoms with Gasteiger partial charge in [-0.25, -0.2) is 0 Å². The van der Waals surface area contributed by atoms with E-state index in [2.05, 4.69) is 34.2 Å². The lowest BCUT2D eigenvalue weighted by Gasteiger charge is -2.19. The van der Waals surface area contributed by atoms with Crippen LogP contribution in [0.5, 0.6) is 5.75 Å². The Hall–Kier alpha value is -0.580. The van der Waals surface area contributed by atoms with Gasteiger partial charge in [-0.1, -0.05) is 22.9 Å². The molecule has 3 nitrogen and oxygen atoms in total. The van der Waals surface area contributed by atoms with Crippen molar-refractivity contribution >= 4 is 15.9 Å². The number of methoxy groups -OCH3 is 2. The molecule has 0 heterocycles. The minimum atomic E-state index is 0.318. The molecule has 0 aliphatic carbocycles. The van der Waals surface area contributed by atoms with E-state index in [4.69, 9.17) is 9.47 Å². The first kappa shape index (κ1) is 15.5. The molecule has 0 saturated heterocycles. The summed E-state index contributed by atoms with van der Waals surface area (Å²) in [6.07, 6.45) is 2.02. The maximum atomic E-state index is 5.39. The van der Waals surface area contributed by atoms with Crippen molar-refractivity contribution in [2.75, 3.05) is 27.4 Å². The minimum Gasteiger partial charge on any atom is -0.496 e. The second kappa shape index (κ2) is 8.51.